The van der Waals surface area contributed by atoms with Gasteiger partial charge in [0.25, 0.3) is 5.91 Å². The first-order valence-electron chi connectivity index (χ1n) is 9.71. The van der Waals surface area contributed by atoms with Crippen LogP contribution >= 0.6 is 0 Å². The zero-order chi connectivity index (χ0) is 20.5. The van der Waals surface area contributed by atoms with E-state index in [2.05, 4.69) is 12.2 Å². The van der Waals surface area contributed by atoms with Crippen molar-refractivity contribution in [2.45, 2.75) is 25.9 Å². The molecule has 2 aromatic rings. The van der Waals surface area contributed by atoms with E-state index in [1.54, 1.807) is 30.3 Å². The molecule has 0 saturated carbocycles. The fourth-order valence-corrected chi connectivity index (χ4v) is 2.67. The molecule has 0 aliphatic carbocycles. The molecule has 7 nitrogen and oxygen atoms in total. The van der Waals surface area contributed by atoms with E-state index in [9.17, 15) is 9.59 Å². The van der Waals surface area contributed by atoms with Crippen molar-refractivity contribution >= 4 is 11.9 Å². The second-order valence-corrected chi connectivity index (χ2v) is 6.59. The van der Waals surface area contributed by atoms with Crippen LogP contribution in [0.1, 0.15) is 30.1 Å². The molecule has 1 heterocycles. The number of hydrogen-bond donors (Lipinski definition) is 1. The molecule has 0 spiro atoms. The quantitative estimate of drug-likeness (QED) is 0.516. The molecule has 154 valence electrons. The average Bonchev–Trinajstić information content (AvgIpc) is 2.76. The summed E-state index contributed by atoms with van der Waals surface area (Å²) in [6.07, 6.45) is 1.66. The lowest BCUT2D eigenvalue weighted by Gasteiger charge is -2.26. The lowest BCUT2D eigenvalue weighted by Crippen LogP contribution is -2.36. The van der Waals surface area contributed by atoms with E-state index in [0.29, 0.717) is 36.0 Å². The molecule has 1 atom stereocenters. The number of carbonyl (C=O) groups is 2. The molecule has 1 unspecified atom stereocenters. The van der Waals surface area contributed by atoms with Gasteiger partial charge in [0.2, 0.25) is 0 Å². The molecule has 0 saturated heterocycles. The van der Waals surface area contributed by atoms with Gasteiger partial charge in [0.1, 0.15) is 25.5 Å². The molecular formula is C22H25NO6. The Morgan fingerprint density at radius 1 is 1.10 bits per heavy atom. The number of fused-ring (bicyclic) bond motifs is 1. The molecule has 7 heteroatoms. The Kier molecular flexibility index (Phi) is 7.33. The summed E-state index contributed by atoms with van der Waals surface area (Å²) in [6, 6.07) is 14.1. The first-order valence-corrected chi connectivity index (χ1v) is 9.71. The molecule has 1 amide bonds. The van der Waals surface area contributed by atoms with Crippen molar-refractivity contribution in [3.8, 4) is 17.2 Å². The van der Waals surface area contributed by atoms with Gasteiger partial charge in [-0.3, -0.25) is 9.59 Å². The monoisotopic (exact) mass is 399 g/mol. The number of esters is 1. The molecular weight excluding hydrogens is 374 g/mol. The number of rotatable bonds is 9. The van der Waals surface area contributed by atoms with E-state index in [1.165, 1.54) is 0 Å². The number of hydrogen-bond acceptors (Lipinski definition) is 6. The van der Waals surface area contributed by atoms with Gasteiger partial charge in [-0.1, -0.05) is 25.5 Å². The normalized spacial score (nSPS) is 14.7. The molecule has 1 aliphatic heterocycles. The van der Waals surface area contributed by atoms with Crippen molar-refractivity contribution in [3.05, 3.63) is 54.1 Å². The van der Waals surface area contributed by atoms with Crippen LogP contribution in [0.15, 0.2) is 48.5 Å². The van der Waals surface area contributed by atoms with Crippen molar-refractivity contribution in [1.82, 2.24) is 5.32 Å². The average molecular weight is 399 g/mol. The maximum absolute atomic E-state index is 12.2. The molecule has 0 aromatic heterocycles. The zero-order valence-electron chi connectivity index (χ0n) is 16.4. The maximum atomic E-state index is 12.2. The predicted octanol–water partition coefficient (Wildman–Crippen LogP) is 2.98. The van der Waals surface area contributed by atoms with Crippen LogP contribution in [0.4, 0.5) is 0 Å². The number of benzene rings is 2. The second kappa shape index (κ2) is 10.4. The number of nitrogens with one attached hydrogen (secondary N) is 1. The minimum atomic E-state index is -0.541. The third kappa shape index (κ3) is 6.14. The van der Waals surface area contributed by atoms with Crippen molar-refractivity contribution in [2.75, 3.05) is 26.4 Å². The Bertz CT molecular complexity index is 820. The van der Waals surface area contributed by atoms with Gasteiger partial charge in [0.15, 0.2) is 17.6 Å². The molecule has 1 N–H and O–H groups in total. The fraction of sp³-hybridized carbons (Fsp3) is 0.364. The van der Waals surface area contributed by atoms with Gasteiger partial charge in [-0.2, -0.15) is 0 Å². The number of unbranched alkanes of at least 4 members (excludes halogenated alkanes) is 1. The topological polar surface area (TPSA) is 83.1 Å². The van der Waals surface area contributed by atoms with Crippen molar-refractivity contribution in [1.29, 1.82) is 0 Å². The standard InChI is InChI=1S/C22H25NO6/c1-2-3-12-26-17-10-8-16(9-11-17)22(25)23-13-21(24)28-15-18-14-27-19-6-4-5-7-20(19)29-18/h4-11,18H,2-3,12-15H2,1H3,(H,23,25). The lowest BCUT2D eigenvalue weighted by atomic mass is 10.2. The SMILES string of the molecule is CCCCOc1ccc(C(=O)NCC(=O)OCC2COc3ccccc3O2)cc1. The minimum Gasteiger partial charge on any atom is -0.494 e. The summed E-state index contributed by atoms with van der Waals surface area (Å²) in [5.41, 5.74) is 0.446. The highest BCUT2D eigenvalue weighted by molar-refractivity contribution is 5.96. The van der Waals surface area contributed by atoms with Crippen LogP contribution in [0.3, 0.4) is 0 Å². The smallest absolute Gasteiger partial charge is 0.325 e. The Hall–Kier alpha value is -3.22. The second-order valence-electron chi connectivity index (χ2n) is 6.59. The highest BCUT2D eigenvalue weighted by Crippen LogP contribution is 2.30. The van der Waals surface area contributed by atoms with Gasteiger partial charge >= 0.3 is 5.97 Å². The predicted molar refractivity (Wildman–Crippen MR) is 106 cm³/mol. The van der Waals surface area contributed by atoms with Crippen molar-refractivity contribution in [3.63, 3.8) is 0 Å². The van der Waals surface area contributed by atoms with Crippen LogP contribution in [0.5, 0.6) is 17.2 Å². The summed E-state index contributed by atoms with van der Waals surface area (Å²) in [7, 11) is 0. The summed E-state index contributed by atoms with van der Waals surface area (Å²) in [4.78, 5) is 24.1. The summed E-state index contributed by atoms with van der Waals surface area (Å²) in [5, 5.41) is 2.55. The van der Waals surface area contributed by atoms with Crippen LogP contribution in [0.25, 0.3) is 0 Å². The van der Waals surface area contributed by atoms with E-state index in [0.717, 1.165) is 12.8 Å². The van der Waals surface area contributed by atoms with Crippen molar-refractivity contribution < 1.29 is 28.5 Å². The van der Waals surface area contributed by atoms with Gasteiger partial charge in [-0.15, -0.1) is 0 Å². The molecule has 1 aliphatic rings. The van der Waals surface area contributed by atoms with Crippen LogP contribution < -0.4 is 19.5 Å². The Labute approximate surface area is 169 Å². The first kappa shape index (κ1) is 20.5. The molecule has 3 rings (SSSR count). The van der Waals surface area contributed by atoms with Crippen LogP contribution in [-0.4, -0.2) is 44.3 Å². The molecule has 0 radical (unpaired) electrons. The van der Waals surface area contributed by atoms with Gasteiger partial charge in [0, 0.05) is 5.56 Å². The maximum Gasteiger partial charge on any atom is 0.325 e. The lowest BCUT2D eigenvalue weighted by molar-refractivity contribution is -0.145. The summed E-state index contributed by atoms with van der Waals surface area (Å²) in [5.74, 6) is 1.11. The van der Waals surface area contributed by atoms with E-state index in [-0.39, 0.29) is 25.2 Å². The first-order chi connectivity index (χ1) is 14.2. The molecule has 0 bridgehead atoms. The molecule has 2 aromatic carbocycles. The third-order valence-electron chi connectivity index (χ3n) is 4.27. The Balaban J connectivity index is 1.37. The van der Waals surface area contributed by atoms with E-state index >= 15 is 0 Å². The van der Waals surface area contributed by atoms with Crippen LogP contribution in [-0.2, 0) is 9.53 Å². The number of ether oxygens (including phenoxy) is 4. The van der Waals surface area contributed by atoms with E-state index in [1.807, 2.05) is 18.2 Å². The summed E-state index contributed by atoms with van der Waals surface area (Å²) in [6.45, 7) is 2.86. The molecule has 29 heavy (non-hydrogen) atoms. The van der Waals surface area contributed by atoms with Gasteiger partial charge in [-0.25, -0.2) is 0 Å². The van der Waals surface area contributed by atoms with Crippen LogP contribution in [0, 0.1) is 0 Å². The summed E-state index contributed by atoms with van der Waals surface area (Å²) >= 11 is 0. The highest BCUT2D eigenvalue weighted by Gasteiger charge is 2.22. The zero-order valence-corrected chi connectivity index (χ0v) is 16.4. The Morgan fingerprint density at radius 3 is 2.62 bits per heavy atom. The van der Waals surface area contributed by atoms with Gasteiger partial charge in [0.05, 0.1) is 6.61 Å². The minimum absolute atomic E-state index is 0.0484. The largest absolute Gasteiger partial charge is 0.494 e. The highest BCUT2D eigenvalue weighted by atomic mass is 16.6. The number of amides is 1. The fourth-order valence-electron chi connectivity index (χ4n) is 2.67. The van der Waals surface area contributed by atoms with E-state index < -0.39 is 5.97 Å². The van der Waals surface area contributed by atoms with Crippen LogP contribution in [0.2, 0.25) is 0 Å². The van der Waals surface area contributed by atoms with Crippen molar-refractivity contribution in [2.24, 2.45) is 0 Å². The van der Waals surface area contributed by atoms with E-state index in [4.69, 9.17) is 18.9 Å². The van der Waals surface area contributed by atoms with Gasteiger partial charge < -0.3 is 24.3 Å². The third-order valence-corrected chi connectivity index (χ3v) is 4.27. The molecule has 0 fully saturated rings. The number of para-hydroxylation sites is 2. The summed E-state index contributed by atoms with van der Waals surface area (Å²) < 4.78 is 22.0. The number of carbonyl (C=O) groups excluding carboxylic acids is 2. The van der Waals surface area contributed by atoms with Gasteiger partial charge in [-0.05, 0) is 42.8 Å². The Morgan fingerprint density at radius 2 is 1.86 bits per heavy atom.